The lowest BCUT2D eigenvalue weighted by molar-refractivity contribution is -0.139. The second-order valence-corrected chi connectivity index (χ2v) is 2.87. The Labute approximate surface area is 73.2 Å². The molecule has 0 radical (unpaired) electrons. The van der Waals surface area contributed by atoms with Gasteiger partial charge in [0.1, 0.15) is 18.3 Å². The molecule has 1 amide bonds. The Hall–Kier alpha value is -0.730. The third-order valence-electron chi connectivity index (χ3n) is 1.91. The van der Waals surface area contributed by atoms with E-state index in [0.717, 1.165) is 0 Å². The SMILES string of the molecule is O=C1NC(O)[C@@H](O)[C@@H](O)[C@H](O)[C@@H]1O. The molecule has 7 nitrogen and oxygen atoms in total. The molecule has 1 aliphatic rings. The van der Waals surface area contributed by atoms with E-state index in [1.807, 2.05) is 0 Å². The van der Waals surface area contributed by atoms with Crippen LogP contribution in [0, 0.1) is 0 Å². The van der Waals surface area contributed by atoms with E-state index >= 15 is 0 Å². The van der Waals surface area contributed by atoms with Crippen molar-refractivity contribution in [2.45, 2.75) is 30.6 Å². The fourth-order valence-electron chi connectivity index (χ4n) is 1.05. The Morgan fingerprint density at radius 2 is 1.46 bits per heavy atom. The van der Waals surface area contributed by atoms with Crippen LogP contribution < -0.4 is 5.32 Å². The summed E-state index contributed by atoms with van der Waals surface area (Å²) < 4.78 is 0. The van der Waals surface area contributed by atoms with Gasteiger partial charge in [0.05, 0.1) is 0 Å². The molecule has 7 heteroatoms. The maximum absolute atomic E-state index is 10.8. The molecule has 1 fully saturated rings. The lowest BCUT2D eigenvalue weighted by Gasteiger charge is -2.21. The van der Waals surface area contributed by atoms with Crippen LogP contribution in [0.25, 0.3) is 0 Å². The highest BCUT2D eigenvalue weighted by molar-refractivity contribution is 5.81. The molecule has 0 bridgehead atoms. The lowest BCUT2D eigenvalue weighted by atomic mass is 10.0. The third-order valence-corrected chi connectivity index (χ3v) is 1.91. The number of aliphatic hydroxyl groups is 5. The van der Waals surface area contributed by atoms with Crippen LogP contribution in [-0.4, -0.2) is 62.1 Å². The number of amides is 1. The molecule has 1 unspecified atom stereocenters. The van der Waals surface area contributed by atoms with Crippen LogP contribution in [0.5, 0.6) is 0 Å². The number of hydrogen-bond acceptors (Lipinski definition) is 6. The highest BCUT2D eigenvalue weighted by Crippen LogP contribution is 2.11. The maximum Gasteiger partial charge on any atom is 0.253 e. The number of carbonyl (C=O) groups is 1. The average molecular weight is 193 g/mol. The fraction of sp³-hybridized carbons (Fsp3) is 0.833. The van der Waals surface area contributed by atoms with Gasteiger partial charge in [-0.1, -0.05) is 0 Å². The van der Waals surface area contributed by atoms with Crippen molar-refractivity contribution < 1.29 is 30.3 Å². The van der Waals surface area contributed by atoms with E-state index < -0.39 is 36.6 Å². The van der Waals surface area contributed by atoms with Crippen LogP contribution in [0.4, 0.5) is 0 Å². The normalized spacial score (nSPS) is 46.8. The van der Waals surface area contributed by atoms with Crippen molar-refractivity contribution in [1.82, 2.24) is 5.32 Å². The number of hydrogen-bond donors (Lipinski definition) is 6. The number of nitrogens with one attached hydrogen (secondary N) is 1. The van der Waals surface area contributed by atoms with Gasteiger partial charge in [0, 0.05) is 0 Å². The Balaban J connectivity index is 2.85. The van der Waals surface area contributed by atoms with Gasteiger partial charge >= 0.3 is 0 Å². The second kappa shape index (κ2) is 3.56. The van der Waals surface area contributed by atoms with E-state index in [2.05, 4.69) is 0 Å². The fourth-order valence-corrected chi connectivity index (χ4v) is 1.05. The summed E-state index contributed by atoms with van der Waals surface area (Å²) in [5, 5.41) is 46.9. The van der Waals surface area contributed by atoms with Gasteiger partial charge in [-0.2, -0.15) is 0 Å². The van der Waals surface area contributed by atoms with Crippen molar-refractivity contribution in [2.75, 3.05) is 0 Å². The van der Waals surface area contributed by atoms with Crippen LogP contribution in [0.2, 0.25) is 0 Å². The first-order chi connectivity index (χ1) is 5.95. The van der Waals surface area contributed by atoms with Crippen molar-refractivity contribution in [1.29, 1.82) is 0 Å². The van der Waals surface area contributed by atoms with E-state index in [9.17, 15) is 4.79 Å². The lowest BCUT2D eigenvalue weighted by Crippen LogP contribution is -2.47. The molecule has 0 aliphatic carbocycles. The van der Waals surface area contributed by atoms with E-state index in [0.29, 0.717) is 0 Å². The minimum absolute atomic E-state index is 1.05. The monoisotopic (exact) mass is 193 g/mol. The van der Waals surface area contributed by atoms with Crippen LogP contribution >= 0.6 is 0 Å². The molecule has 5 atom stereocenters. The molecule has 1 heterocycles. The summed E-state index contributed by atoms with van der Waals surface area (Å²) in [6.45, 7) is 0. The Morgan fingerprint density at radius 1 is 0.923 bits per heavy atom. The smallest absolute Gasteiger partial charge is 0.253 e. The quantitative estimate of drug-likeness (QED) is 0.232. The van der Waals surface area contributed by atoms with Gasteiger partial charge in [0.2, 0.25) is 0 Å². The van der Waals surface area contributed by atoms with Crippen LogP contribution in [0.3, 0.4) is 0 Å². The predicted molar refractivity (Wildman–Crippen MR) is 38.2 cm³/mol. The summed E-state index contributed by atoms with van der Waals surface area (Å²) in [6, 6.07) is 0. The standard InChI is InChI=1S/C6H11NO6/c8-1-2(9)4(11)6(13)7-5(12)3(1)10/h1-5,8-12H,(H,7,13)/t1-,2-,3-,4-,5?/m0/s1. The highest BCUT2D eigenvalue weighted by Gasteiger charge is 2.41. The second-order valence-electron chi connectivity index (χ2n) is 2.87. The highest BCUT2D eigenvalue weighted by atomic mass is 16.4. The van der Waals surface area contributed by atoms with Gasteiger partial charge < -0.3 is 30.8 Å². The van der Waals surface area contributed by atoms with E-state index in [-0.39, 0.29) is 0 Å². The van der Waals surface area contributed by atoms with E-state index in [1.54, 1.807) is 5.32 Å². The van der Waals surface area contributed by atoms with Crippen molar-refractivity contribution >= 4 is 5.91 Å². The molecular formula is C6H11NO6. The summed E-state index contributed by atoms with van der Waals surface area (Å²) >= 11 is 0. The van der Waals surface area contributed by atoms with E-state index in [1.165, 1.54) is 0 Å². The minimum Gasteiger partial charge on any atom is -0.387 e. The Morgan fingerprint density at radius 3 is 2.00 bits per heavy atom. The topological polar surface area (TPSA) is 130 Å². The summed E-state index contributed by atoms with van der Waals surface area (Å²) in [5.41, 5.74) is 0. The third kappa shape index (κ3) is 1.79. The zero-order valence-electron chi connectivity index (χ0n) is 6.53. The molecule has 0 spiro atoms. The summed E-state index contributed by atoms with van der Waals surface area (Å²) in [4.78, 5) is 10.8. The zero-order valence-corrected chi connectivity index (χ0v) is 6.53. The number of aliphatic hydroxyl groups excluding tert-OH is 5. The first-order valence-electron chi connectivity index (χ1n) is 3.66. The van der Waals surface area contributed by atoms with Crippen LogP contribution in [0.15, 0.2) is 0 Å². The van der Waals surface area contributed by atoms with Gasteiger partial charge in [0.15, 0.2) is 12.3 Å². The van der Waals surface area contributed by atoms with Crippen molar-refractivity contribution in [3.8, 4) is 0 Å². The Kier molecular flexibility index (Phi) is 2.84. The van der Waals surface area contributed by atoms with Gasteiger partial charge in [-0.05, 0) is 0 Å². The van der Waals surface area contributed by atoms with Gasteiger partial charge in [-0.25, -0.2) is 0 Å². The van der Waals surface area contributed by atoms with Crippen molar-refractivity contribution in [2.24, 2.45) is 0 Å². The average Bonchev–Trinajstić information content (AvgIpc) is 2.15. The molecule has 0 aromatic carbocycles. The Bertz CT molecular complexity index is 209. The first-order valence-corrected chi connectivity index (χ1v) is 3.66. The molecule has 1 saturated heterocycles. The zero-order chi connectivity index (χ0) is 10.2. The number of carbonyl (C=O) groups excluding carboxylic acids is 1. The van der Waals surface area contributed by atoms with Gasteiger partial charge in [-0.15, -0.1) is 0 Å². The van der Waals surface area contributed by atoms with Gasteiger partial charge in [-0.3, -0.25) is 4.79 Å². The predicted octanol–water partition coefficient (Wildman–Crippen LogP) is -4.12. The molecule has 76 valence electrons. The van der Waals surface area contributed by atoms with Crippen molar-refractivity contribution in [3.63, 3.8) is 0 Å². The first kappa shape index (κ1) is 10.4. The van der Waals surface area contributed by atoms with Gasteiger partial charge in [0.25, 0.3) is 5.91 Å². The summed E-state index contributed by atoms with van der Waals surface area (Å²) in [7, 11) is 0. The maximum atomic E-state index is 10.8. The summed E-state index contributed by atoms with van der Waals surface area (Å²) in [6.07, 6.45) is -8.87. The molecule has 13 heavy (non-hydrogen) atoms. The molecule has 0 aromatic heterocycles. The molecule has 0 aromatic rings. The van der Waals surface area contributed by atoms with Crippen molar-refractivity contribution in [3.05, 3.63) is 0 Å². The molecule has 1 aliphatic heterocycles. The largest absolute Gasteiger partial charge is 0.387 e. The minimum atomic E-state index is -1.86. The summed E-state index contributed by atoms with van der Waals surface area (Å²) in [5.74, 6) is -1.05. The molecule has 6 N–H and O–H groups in total. The number of rotatable bonds is 0. The van der Waals surface area contributed by atoms with Crippen LogP contribution in [0.1, 0.15) is 0 Å². The molecular weight excluding hydrogens is 182 g/mol. The molecule has 1 rings (SSSR count). The molecule has 0 saturated carbocycles. The van der Waals surface area contributed by atoms with E-state index in [4.69, 9.17) is 25.5 Å². The van der Waals surface area contributed by atoms with Crippen LogP contribution in [-0.2, 0) is 4.79 Å².